The number of hydrogen-bond acceptors (Lipinski definition) is 6. The van der Waals surface area contributed by atoms with E-state index in [1.54, 1.807) is 20.8 Å². The van der Waals surface area contributed by atoms with Crippen molar-refractivity contribution >= 4 is 5.97 Å². The van der Waals surface area contributed by atoms with Crippen LogP contribution in [0.4, 0.5) is 0 Å². The van der Waals surface area contributed by atoms with Gasteiger partial charge in [0, 0.05) is 12.0 Å². The molecule has 0 atom stereocenters. The molecule has 5 rings (SSSR count). The van der Waals surface area contributed by atoms with Crippen LogP contribution in [0.2, 0.25) is 0 Å². The Morgan fingerprint density at radius 1 is 0.795 bits per heavy atom. The summed E-state index contributed by atoms with van der Waals surface area (Å²) in [6.07, 6.45) is 2.16. The molecule has 0 N–H and O–H groups in total. The monoisotopic (exact) mass is 589 g/mol. The minimum absolute atomic E-state index is 0.298. The van der Waals surface area contributed by atoms with E-state index in [1.807, 2.05) is 73.7 Å². The third kappa shape index (κ3) is 7.75. The van der Waals surface area contributed by atoms with Crippen molar-refractivity contribution < 1.29 is 23.4 Å². The van der Waals surface area contributed by atoms with E-state index in [2.05, 4.69) is 36.4 Å². The summed E-state index contributed by atoms with van der Waals surface area (Å²) in [4.78, 5) is 17.3. The molecule has 6 nitrogen and oxygen atoms in total. The summed E-state index contributed by atoms with van der Waals surface area (Å²) in [5.74, 6) is 2.35. The average Bonchev–Trinajstić information content (AvgIpc) is 3.42. The van der Waals surface area contributed by atoms with Gasteiger partial charge in [-0.05, 0) is 93.1 Å². The van der Waals surface area contributed by atoms with Gasteiger partial charge in [0.2, 0.25) is 5.89 Å². The zero-order chi connectivity index (χ0) is 30.9. The highest BCUT2D eigenvalue weighted by Gasteiger charge is 2.32. The fraction of sp³-hybridized carbons (Fsp3) is 0.263. The zero-order valence-corrected chi connectivity index (χ0v) is 25.8. The fourth-order valence-corrected chi connectivity index (χ4v) is 4.97. The first kappa shape index (κ1) is 30.6. The van der Waals surface area contributed by atoms with E-state index in [1.165, 1.54) is 11.1 Å². The van der Waals surface area contributed by atoms with Crippen molar-refractivity contribution in [3.63, 3.8) is 0 Å². The Bertz CT molecular complexity index is 1660. The van der Waals surface area contributed by atoms with Gasteiger partial charge in [-0.2, -0.15) is 0 Å². The Labute approximate surface area is 259 Å². The van der Waals surface area contributed by atoms with Gasteiger partial charge in [-0.1, -0.05) is 72.8 Å². The lowest BCUT2D eigenvalue weighted by Crippen LogP contribution is -2.40. The van der Waals surface area contributed by atoms with E-state index in [4.69, 9.17) is 23.6 Å². The molecule has 1 heterocycles. The summed E-state index contributed by atoms with van der Waals surface area (Å²) in [6, 6.07) is 34.6. The van der Waals surface area contributed by atoms with Crippen molar-refractivity contribution in [2.45, 2.75) is 52.6 Å². The quantitative estimate of drug-likeness (QED) is 0.128. The smallest absolute Gasteiger partial charge is 0.349 e. The molecule has 0 saturated carbocycles. The molecule has 0 fully saturated rings. The molecule has 5 aromatic rings. The number of aromatic nitrogens is 1. The maximum absolute atomic E-state index is 12.5. The molecule has 226 valence electrons. The maximum atomic E-state index is 12.5. The Morgan fingerprint density at radius 3 is 2.16 bits per heavy atom. The number of nitrogens with zero attached hydrogens (tertiary/aromatic N) is 1. The van der Waals surface area contributed by atoms with Gasteiger partial charge in [0.05, 0.1) is 18.9 Å². The van der Waals surface area contributed by atoms with Gasteiger partial charge in [-0.15, -0.1) is 0 Å². The predicted molar refractivity (Wildman–Crippen MR) is 173 cm³/mol. The molecule has 0 unspecified atom stereocenters. The summed E-state index contributed by atoms with van der Waals surface area (Å²) < 4.78 is 23.6. The topological polar surface area (TPSA) is 70.8 Å². The van der Waals surface area contributed by atoms with Gasteiger partial charge in [0.1, 0.15) is 17.3 Å². The Morgan fingerprint density at radius 2 is 1.45 bits per heavy atom. The average molecular weight is 590 g/mol. The number of carbonyl (C=O) groups is 1. The van der Waals surface area contributed by atoms with Crippen LogP contribution in [0.1, 0.15) is 43.4 Å². The summed E-state index contributed by atoms with van der Waals surface area (Å²) in [6.45, 7) is 7.91. The Kier molecular flexibility index (Phi) is 9.80. The molecule has 44 heavy (non-hydrogen) atoms. The molecular formula is C38H39NO5. The second-order valence-corrected chi connectivity index (χ2v) is 11.2. The predicted octanol–water partition coefficient (Wildman–Crippen LogP) is 8.44. The van der Waals surface area contributed by atoms with E-state index in [-0.39, 0.29) is 0 Å². The minimum atomic E-state index is -1.12. The molecule has 0 aliphatic heterocycles. The van der Waals surface area contributed by atoms with Crippen molar-refractivity contribution in [3.05, 3.63) is 126 Å². The van der Waals surface area contributed by atoms with Crippen LogP contribution in [-0.2, 0) is 28.8 Å². The van der Waals surface area contributed by atoms with Gasteiger partial charge in [0.25, 0.3) is 0 Å². The molecule has 0 bridgehead atoms. The second kappa shape index (κ2) is 14.1. The lowest BCUT2D eigenvalue weighted by molar-refractivity contribution is -0.158. The minimum Gasteiger partial charge on any atom is -0.493 e. The third-order valence-corrected chi connectivity index (χ3v) is 7.43. The molecular weight excluding hydrogens is 550 g/mol. The highest BCUT2D eigenvalue weighted by molar-refractivity contribution is 5.79. The van der Waals surface area contributed by atoms with Crippen molar-refractivity contribution in [3.8, 4) is 34.1 Å². The first-order chi connectivity index (χ1) is 21.3. The molecule has 0 aliphatic carbocycles. The number of rotatable bonds is 13. The van der Waals surface area contributed by atoms with E-state index >= 15 is 0 Å². The van der Waals surface area contributed by atoms with Crippen LogP contribution in [-0.4, -0.2) is 29.8 Å². The van der Waals surface area contributed by atoms with E-state index in [0.29, 0.717) is 31.3 Å². The Hall–Kier alpha value is -4.84. The maximum Gasteiger partial charge on any atom is 0.349 e. The van der Waals surface area contributed by atoms with E-state index < -0.39 is 11.6 Å². The van der Waals surface area contributed by atoms with Gasteiger partial charge in [-0.25, -0.2) is 9.78 Å². The molecule has 4 aromatic carbocycles. The van der Waals surface area contributed by atoms with E-state index in [9.17, 15) is 4.79 Å². The molecule has 0 amide bonds. The fourth-order valence-electron chi connectivity index (χ4n) is 4.97. The standard InChI is InChI=1S/C38H39NO5/c1-5-41-37(40)38(3,4)44-35-23-22-33(26-32(35)17-16-28-12-8-6-9-13-28)42-25-24-34-27(2)43-36(39-34)31-20-18-30(19-21-31)29-14-10-7-11-15-29/h6-15,18-23,26H,5,16-17,24-25H2,1-4H3. The van der Waals surface area contributed by atoms with Crippen molar-refractivity contribution in [2.24, 2.45) is 0 Å². The lowest BCUT2D eigenvalue weighted by Gasteiger charge is -2.26. The normalized spacial score (nSPS) is 11.3. The molecule has 0 radical (unpaired) electrons. The highest BCUT2D eigenvalue weighted by Crippen LogP contribution is 2.30. The van der Waals surface area contributed by atoms with Crippen molar-refractivity contribution in [1.29, 1.82) is 0 Å². The molecule has 0 aliphatic rings. The number of oxazole rings is 1. The van der Waals surface area contributed by atoms with Crippen LogP contribution in [0.3, 0.4) is 0 Å². The molecule has 1 aromatic heterocycles. The Balaban J connectivity index is 1.26. The lowest BCUT2D eigenvalue weighted by atomic mass is 10.0. The summed E-state index contributed by atoms with van der Waals surface area (Å²) in [5.41, 5.74) is 5.19. The van der Waals surface area contributed by atoms with Crippen LogP contribution in [0, 0.1) is 6.92 Å². The number of carbonyl (C=O) groups excluding carboxylic acids is 1. The van der Waals surface area contributed by atoms with Gasteiger partial charge in [-0.3, -0.25) is 0 Å². The second-order valence-electron chi connectivity index (χ2n) is 11.2. The number of esters is 1. The number of benzene rings is 4. The van der Waals surface area contributed by atoms with Crippen LogP contribution < -0.4 is 9.47 Å². The number of ether oxygens (including phenoxy) is 3. The summed E-state index contributed by atoms with van der Waals surface area (Å²) >= 11 is 0. The largest absolute Gasteiger partial charge is 0.493 e. The zero-order valence-electron chi connectivity index (χ0n) is 25.8. The van der Waals surface area contributed by atoms with Gasteiger partial charge in [0.15, 0.2) is 5.60 Å². The van der Waals surface area contributed by atoms with Crippen LogP contribution >= 0.6 is 0 Å². The number of hydrogen-bond donors (Lipinski definition) is 0. The van der Waals surface area contributed by atoms with Crippen molar-refractivity contribution in [1.82, 2.24) is 4.98 Å². The first-order valence-corrected chi connectivity index (χ1v) is 15.1. The van der Waals surface area contributed by atoms with Crippen LogP contribution in [0.15, 0.2) is 108 Å². The van der Waals surface area contributed by atoms with Crippen molar-refractivity contribution in [2.75, 3.05) is 13.2 Å². The summed E-state index contributed by atoms with van der Waals surface area (Å²) in [7, 11) is 0. The SMILES string of the molecule is CCOC(=O)C(C)(C)Oc1ccc(OCCc2nc(-c3ccc(-c4ccccc4)cc3)oc2C)cc1CCc1ccccc1. The number of aryl methyl sites for hydroxylation is 3. The van der Waals surface area contributed by atoms with Crippen LogP contribution in [0.25, 0.3) is 22.6 Å². The summed E-state index contributed by atoms with van der Waals surface area (Å²) in [5, 5.41) is 0. The third-order valence-electron chi connectivity index (χ3n) is 7.43. The molecule has 0 saturated heterocycles. The highest BCUT2D eigenvalue weighted by atomic mass is 16.6. The van der Waals surface area contributed by atoms with E-state index in [0.717, 1.165) is 46.7 Å². The molecule has 6 heteroatoms. The van der Waals surface area contributed by atoms with Gasteiger partial charge >= 0.3 is 5.97 Å². The first-order valence-electron chi connectivity index (χ1n) is 15.1. The van der Waals surface area contributed by atoms with Crippen LogP contribution in [0.5, 0.6) is 11.5 Å². The molecule has 0 spiro atoms. The van der Waals surface area contributed by atoms with Gasteiger partial charge < -0.3 is 18.6 Å².